The zero-order valence-electron chi connectivity index (χ0n) is 15.2. The van der Waals surface area contributed by atoms with E-state index >= 15 is 0 Å². The van der Waals surface area contributed by atoms with E-state index in [1.165, 1.54) is 38.5 Å². The van der Waals surface area contributed by atoms with E-state index in [1.54, 1.807) is 0 Å². The Morgan fingerprint density at radius 3 is 2.20 bits per heavy atom. The smallest absolute Gasteiger partial charge is 0.237 e. The predicted molar refractivity (Wildman–Crippen MR) is 102 cm³/mol. The molecule has 2 atom stereocenters. The van der Waals surface area contributed by atoms with Crippen molar-refractivity contribution in [3.63, 3.8) is 0 Å². The molecule has 4 heteroatoms. The molecule has 0 radical (unpaired) electrons. The number of carbonyl (C=O) groups is 1. The van der Waals surface area contributed by atoms with E-state index in [0.29, 0.717) is 0 Å². The van der Waals surface area contributed by atoms with Crippen LogP contribution in [0, 0.1) is 17.8 Å². The van der Waals surface area contributed by atoms with Crippen molar-refractivity contribution in [1.82, 2.24) is 10.6 Å². The zero-order valence-corrected chi connectivity index (χ0v) is 16.0. The fraction of sp³-hybridized carbons (Fsp3) is 0.667. The summed E-state index contributed by atoms with van der Waals surface area (Å²) in [5, 5.41) is 7.63. The number of nitrogens with one attached hydrogen (secondary N) is 2. The molecule has 25 heavy (non-hydrogen) atoms. The Labute approximate surface area is 155 Å². The fourth-order valence-corrected chi connectivity index (χ4v) is 6.30. The molecule has 0 aromatic heterocycles. The van der Waals surface area contributed by atoms with Crippen LogP contribution in [0.5, 0.6) is 0 Å². The Bertz CT molecular complexity index is 624. The van der Waals surface area contributed by atoms with Crippen LogP contribution in [0.1, 0.15) is 64.0 Å². The first-order chi connectivity index (χ1) is 11.9. The van der Waals surface area contributed by atoms with Gasteiger partial charge in [0.15, 0.2) is 0 Å². The molecule has 4 bridgehead atoms. The van der Waals surface area contributed by atoms with E-state index in [0.717, 1.165) is 28.3 Å². The molecule has 0 aliphatic heterocycles. The van der Waals surface area contributed by atoms with Gasteiger partial charge in [0.05, 0.1) is 6.04 Å². The van der Waals surface area contributed by atoms with Crippen molar-refractivity contribution in [2.24, 2.45) is 17.8 Å². The molecule has 4 saturated carbocycles. The van der Waals surface area contributed by atoms with E-state index in [9.17, 15) is 4.79 Å². The first kappa shape index (κ1) is 17.4. The van der Waals surface area contributed by atoms with Crippen molar-refractivity contribution >= 4 is 17.5 Å². The van der Waals surface area contributed by atoms with Crippen molar-refractivity contribution < 1.29 is 4.79 Å². The number of hydrogen-bond acceptors (Lipinski definition) is 2. The average molecular weight is 361 g/mol. The second-order valence-electron chi connectivity index (χ2n) is 8.82. The summed E-state index contributed by atoms with van der Waals surface area (Å²) in [6.07, 6.45) is 7.76. The molecule has 1 amide bonds. The van der Waals surface area contributed by atoms with Gasteiger partial charge in [-0.1, -0.05) is 29.8 Å². The van der Waals surface area contributed by atoms with E-state index in [-0.39, 0.29) is 23.5 Å². The Balaban J connectivity index is 1.39. The molecule has 4 aliphatic carbocycles. The van der Waals surface area contributed by atoms with Crippen LogP contribution in [0.2, 0.25) is 5.02 Å². The summed E-state index contributed by atoms with van der Waals surface area (Å²) in [4.78, 5) is 12.9. The third-order valence-corrected chi connectivity index (χ3v) is 7.04. The van der Waals surface area contributed by atoms with Crippen molar-refractivity contribution in [3.8, 4) is 0 Å². The fourth-order valence-electron chi connectivity index (χ4n) is 6.00. The van der Waals surface area contributed by atoms with Crippen molar-refractivity contribution in [2.75, 3.05) is 0 Å². The predicted octanol–water partition coefficient (Wildman–Crippen LogP) is 4.46. The molecule has 2 N–H and O–H groups in total. The topological polar surface area (TPSA) is 41.1 Å². The summed E-state index contributed by atoms with van der Waals surface area (Å²) in [5.41, 5.74) is 1.12. The number of benzene rings is 1. The van der Waals surface area contributed by atoms with Gasteiger partial charge in [0.25, 0.3) is 0 Å². The minimum Gasteiger partial charge on any atom is -0.349 e. The van der Waals surface area contributed by atoms with Crippen LogP contribution in [-0.4, -0.2) is 17.5 Å². The molecular formula is C21H29ClN2O. The van der Waals surface area contributed by atoms with E-state index in [4.69, 9.17) is 11.6 Å². The number of rotatable bonds is 5. The lowest BCUT2D eigenvalue weighted by Gasteiger charge is -2.57. The number of carbonyl (C=O) groups excluding carboxylic acids is 1. The summed E-state index contributed by atoms with van der Waals surface area (Å²) < 4.78 is 0. The van der Waals surface area contributed by atoms with E-state index < -0.39 is 0 Å². The molecule has 136 valence electrons. The maximum absolute atomic E-state index is 12.9. The van der Waals surface area contributed by atoms with Crippen molar-refractivity contribution in [3.05, 3.63) is 34.9 Å². The highest BCUT2D eigenvalue weighted by Crippen LogP contribution is 2.55. The van der Waals surface area contributed by atoms with Gasteiger partial charge in [-0.3, -0.25) is 10.1 Å². The summed E-state index contributed by atoms with van der Waals surface area (Å²) in [7, 11) is 0. The lowest BCUT2D eigenvalue weighted by atomic mass is 9.53. The van der Waals surface area contributed by atoms with Crippen molar-refractivity contribution in [2.45, 2.75) is 70.0 Å². The maximum Gasteiger partial charge on any atom is 0.237 e. The largest absolute Gasteiger partial charge is 0.349 e. The Morgan fingerprint density at radius 1 is 1.08 bits per heavy atom. The highest BCUT2D eigenvalue weighted by Gasteiger charge is 2.51. The van der Waals surface area contributed by atoms with E-state index in [1.807, 2.05) is 31.2 Å². The Hall–Kier alpha value is -1.06. The van der Waals surface area contributed by atoms with Crippen LogP contribution in [0.4, 0.5) is 0 Å². The minimum absolute atomic E-state index is 0.0470. The lowest BCUT2D eigenvalue weighted by molar-refractivity contribution is -0.128. The van der Waals surface area contributed by atoms with Gasteiger partial charge in [-0.05, 0) is 81.8 Å². The van der Waals surface area contributed by atoms with Gasteiger partial charge in [0, 0.05) is 16.6 Å². The third kappa shape index (κ3) is 3.46. The molecule has 1 aromatic rings. The van der Waals surface area contributed by atoms with Crippen LogP contribution in [0.3, 0.4) is 0 Å². The first-order valence-corrected chi connectivity index (χ1v) is 10.1. The molecule has 5 rings (SSSR count). The molecule has 4 fully saturated rings. The second kappa shape index (κ2) is 6.59. The standard InChI is InChI=1S/C21H29ClN2O/c1-13(18-5-3-4-6-19(18)22)23-14(2)20(25)24-21-10-15-7-16(11-21)9-17(8-15)12-21/h3-6,13-17,23H,7-12H2,1-2H3,(H,24,25)/t13-,14-,15?,16?,17?,21?/m0/s1. The maximum atomic E-state index is 12.9. The molecule has 0 saturated heterocycles. The highest BCUT2D eigenvalue weighted by molar-refractivity contribution is 6.31. The second-order valence-corrected chi connectivity index (χ2v) is 9.23. The van der Waals surface area contributed by atoms with E-state index in [2.05, 4.69) is 17.6 Å². The van der Waals surface area contributed by atoms with Gasteiger partial charge in [-0.15, -0.1) is 0 Å². The van der Waals surface area contributed by atoms with Crippen LogP contribution >= 0.6 is 11.6 Å². The molecular weight excluding hydrogens is 332 g/mol. The van der Waals surface area contributed by atoms with Gasteiger partial charge in [-0.2, -0.15) is 0 Å². The van der Waals surface area contributed by atoms with Crippen molar-refractivity contribution in [1.29, 1.82) is 0 Å². The van der Waals surface area contributed by atoms with Gasteiger partial charge >= 0.3 is 0 Å². The average Bonchev–Trinajstić information content (AvgIpc) is 2.53. The van der Waals surface area contributed by atoms with Crippen LogP contribution in [0.15, 0.2) is 24.3 Å². The molecule has 1 aromatic carbocycles. The summed E-state index contributed by atoms with van der Waals surface area (Å²) in [6.45, 7) is 4.03. The molecule has 0 unspecified atom stereocenters. The Kier molecular flexibility index (Phi) is 4.57. The summed E-state index contributed by atoms with van der Waals surface area (Å²) in [5.74, 6) is 2.67. The molecule has 4 aliphatic rings. The van der Waals surface area contributed by atoms with Gasteiger partial charge in [0.1, 0.15) is 0 Å². The van der Waals surface area contributed by atoms with Gasteiger partial charge in [-0.25, -0.2) is 0 Å². The molecule has 0 spiro atoms. The number of halogens is 1. The lowest BCUT2D eigenvalue weighted by Crippen LogP contribution is -2.62. The molecule has 0 heterocycles. The number of hydrogen-bond donors (Lipinski definition) is 2. The monoisotopic (exact) mass is 360 g/mol. The zero-order chi connectivity index (χ0) is 17.6. The summed E-state index contributed by atoms with van der Waals surface area (Å²) in [6, 6.07) is 7.66. The molecule has 3 nitrogen and oxygen atoms in total. The summed E-state index contributed by atoms with van der Waals surface area (Å²) >= 11 is 6.29. The third-order valence-electron chi connectivity index (χ3n) is 6.69. The number of amides is 1. The van der Waals surface area contributed by atoms with Crippen LogP contribution < -0.4 is 10.6 Å². The van der Waals surface area contributed by atoms with Gasteiger partial charge < -0.3 is 5.32 Å². The SMILES string of the molecule is C[C@H](N[C@@H](C)c1ccccc1Cl)C(=O)NC12CC3CC(CC(C3)C1)C2. The normalized spacial score (nSPS) is 35.4. The first-order valence-electron chi connectivity index (χ1n) is 9.76. The van der Waals surface area contributed by atoms with Crippen LogP contribution in [-0.2, 0) is 4.79 Å². The highest BCUT2D eigenvalue weighted by atomic mass is 35.5. The van der Waals surface area contributed by atoms with Crippen LogP contribution in [0.25, 0.3) is 0 Å². The quantitative estimate of drug-likeness (QED) is 0.813. The minimum atomic E-state index is -0.223. The van der Waals surface area contributed by atoms with Gasteiger partial charge in [0.2, 0.25) is 5.91 Å². The Morgan fingerprint density at radius 2 is 1.64 bits per heavy atom.